The van der Waals surface area contributed by atoms with Gasteiger partial charge in [-0.1, -0.05) is 11.6 Å². The van der Waals surface area contributed by atoms with Crippen LogP contribution in [0.2, 0.25) is 0 Å². The Morgan fingerprint density at radius 3 is 2.61 bits per heavy atom. The SMILES string of the molecule is O=C(N1CCCn2nnc(CN3CCCCC3)c2C1)C1(F)CC1. The molecule has 2 aliphatic heterocycles. The molecule has 0 aromatic carbocycles. The van der Waals surface area contributed by atoms with E-state index in [0.717, 1.165) is 44.0 Å². The summed E-state index contributed by atoms with van der Waals surface area (Å²) < 4.78 is 16.1. The van der Waals surface area contributed by atoms with Gasteiger partial charge in [-0.15, -0.1) is 5.10 Å². The van der Waals surface area contributed by atoms with Crippen LogP contribution in [0.3, 0.4) is 0 Å². The van der Waals surface area contributed by atoms with Crippen molar-refractivity contribution >= 4 is 5.91 Å². The van der Waals surface area contributed by atoms with Crippen LogP contribution in [0.15, 0.2) is 0 Å². The molecule has 126 valence electrons. The van der Waals surface area contributed by atoms with Gasteiger partial charge in [-0.3, -0.25) is 9.69 Å². The van der Waals surface area contributed by atoms with Gasteiger partial charge in [-0.2, -0.15) is 0 Å². The largest absolute Gasteiger partial charge is 0.334 e. The molecule has 3 heterocycles. The summed E-state index contributed by atoms with van der Waals surface area (Å²) in [4.78, 5) is 16.4. The number of nitrogens with zero attached hydrogens (tertiary/aromatic N) is 5. The number of rotatable bonds is 3. The van der Waals surface area contributed by atoms with Crippen molar-refractivity contribution < 1.29 is 9.18 Å². The Hall–Kier alpha value is -1.50. The minimum atomic E-state index is -1.59. The van der Waals surface area contributed by atoms with E-state index in [1.807, 2.05) is 4.68 Å². The number of aromatic nitrogens is 3. The molecular formula is C16H24FN5O. The molecule has 3 aliphatic rings. The lowest BCUT2D eigenvalue weighted by Crippen LogP contribution is -2.38. The average molecular weight is 321 g/mol. The number of carbonyl (C=O) groups excluding carboxylic acids is 1. The van der Waals surface area contributed by atoms with Gasteiger partial charge in [0.2, 0.25) is 0 Å². The van der Waals surface area contributed by atoms with Crippen LogP contribution >= 0.6 is 0 Å². The second kappa shape index (κ2) is 5.85. The molecule has 0 atom stereocenters. The summed E-state index contributed by atoms with van der Waals surface area (Å²) in [7, 11) is 0. The van der Waals surface area contributed by atoms with Gasteiger partial charge in [0.1, 0.15) is 5.69 Å². The van der Waals surface area contributed by atoms with E-state index in [9.17, 15) is 9.18 Å². The van der Waals surface area contributed by atoms with Crippen molar-refractivity contribution in [2.75, 3.05) is 19.6 Å². The van der Waals surface area contributed by atoms with Crippen LogP contribution in [-0.4, -0.2) is 56.0 Å². The molecule has 23 heavy (non-hydrogen) atoms. The summed E-state index contributed by atoms with van der Waals surface area (Å²) in [5.41, 5.74) is 0.358. The summed E-state index contributed by atoms with van der Waals surface area (Å²) in [6, 6.07) is 0. The molecular weight excluding hydrogens is 297 g/mol. The van der Waals surface area contributed by atoms with Crippen LogP contribution in [0.1, 0.15) is 49.9 Å². The highest BCUT2D eigenvalue weighted by molar-refractivity contribution is 5.88. The lowest BCUT2D eigenvalue weighted by Gasteiger charge is -2.26. The number of aryl methyl sites for hydroxylation is 1. The van der Waals surface area contributed by atoms with E-state index in [0.29, 0.717) is 25.9 Å². The maximum absolute atomic E-state index is 14.1. The Labute approximate surface area is 135 Å². The van der Waals surface area contributed by atoms with E-state index < -0.39 is 5.67 Å². The Bertz CT molecular complexity index is 591. The molecule has 7 heteroatoms. The number of alkyl halides is 1. The fourth-order valence-electron chi connectivity index (χ4n) is 3.62. The van der Waals surface area contributed by atoms with Crippen molar-refractivity contribution in [3.05, 3.63) is 11.4 Å². The van der Waals surface area contributed by atoms with Crippen molar-refractivity contribution in [3.63, 3.8) is 0 Å². The summed E-state index contributed by atoms with van der Waals surface area (Å²) in [5, 5.41) is 8.61. The predicted molar refractivity (Wildman–Crippen MR) is 82.3 cm³/mol. The van der Waals surface area contributed by atoms with Crippen molar-refractivity contribution in [1.82, 2.24) is 24.8 Å². The summed E-state index contributed by atoms with van der Waals surface area (Å²) >= 11 is 0. The third kappa shape index (κ3) is 2.98. The monoisotopic (exact) mass is 321 g/mol. The van der Waals surface area contributed by atoms with E-state index in [1.165, 1.54) is 19.3 Å². The summed E-state index contributed by atoms with van der Waals surface area (Å²) in [5.74, 6) is -0.337. The highest BCUT2D eigenvalue weighted by Gasteiger charge is 2.53. The number of halogens is 1. The lowest BCUT2D eigenvalue weighted by molar-refractivity contribution is -0.138. The number of likely N-dealkylation sites (tertiary alicyclic amines) is 1. The van der Waals surface area contributed by atoms with E-state index in [4.69, 9.17) is 0 Å². The first-order chi connectivity index (χ1) is 11.2. The molecule has 1 aliphatic carbocycles. The van der Waals surface area contributed by atoms with Gasteiger partial charge >= 0.3 is 0 Å². The molecule has 1 aromatic rings. The van der Waals surface area contributed by atoms with Crippen molar-refractivity contribution in [2.24, 2.45) is 0 Å². The first kappa shape index (κ1) is 15.1. The maximum Gasteiger partial charge on any atom is 0.260 e. The maximum atomic E-state index is 14.1. The second-order valence-electron chi connectivity index (χ2n) is 7.09. The third-order valence-electron chi connectivity index (χ3n) is 5.24. The highest BCUT2D eigenvalue weighted by atomic mass is 19.1. The molecule has 6 nitrogen and oxygen atoms in total. The van der Waals surface area contributed by atoms with Crippen LogP contribution in [0.25, 0.3) is 0 Å². The summed E-state index contributed by atoms with van der Waals surface area (Å²) in [6.45, 7) is 4.80. The third-order valence-corrected chi connectivity index (χ3v) is 5.24. The molecule has 0 unspecified atom stereocenters. The quantitative estimate of drug-likeness (QED) is 0.846. The zero-order valence-electron chi connectivity index (χ0n) is 13.5. The molecule has 2 fully saturated rings. The van der Waals surface area contributed by atoms with E-state index in [1.54, 1.807) is 4.90 Å². The first-order valence-electron chi connectivity index (χ1n) is 8.78. The van der Waals surface area contributed by atoms with Gasteiger partial charge in [0.05, 0.1) is 12.2 Å². The standard InChI is InChI=1S/C16H24FN5O/c17-16(5-6-16)15(23)21-9-4-10-22-14(12-21)13(18-19-22)11-20-7-2-1-3-8-20/h1-12H2. The molecule has 1 amide bonds. The van der Waals surface area contributed by atoms with Gasteiger partial charge in [-0.05, 0) is 45.2 Å². The molecule has 1 saturated heterocycles. The molecule has 1 saturated carbocycles. The number of fused-ring (bicyclic) bond motifs is 1. The molecule has 0 bridgehead atoms. The van der Waals surface area contributed by atoms with Gasteiger partial charge in [-0.25, -0.2) is 9.07 Å². The molecule has 1 aromatic heterocycles. The van der Waals surface area contributed by atoms with Gasteiger partial charge < -0.3 is 4.90 Å². The zero-order chi connectivity index (χ0) is 15.9. The number of carbonyl (C=O) groups is 1. The predicted octanol–water partition coefficient (Wildman–Crippen LogP) is 1.50. The average Bonchev–Trinajstić information content (AvgIpc) is 3.27. The van der Waals surface area contributed by atoms with Crippen LogP contribution in [0.4, 0.5) is 4.39 Å². The van der Waals surface area contributed by atoms with E-state index >= 15 is 0 Å². The van der Waals surface area contributed by atoms with Crippen LogP contribution in [-0.2, 0) is 24.4 Å². The number of hydrogen-bond donors (Lipinski definition) is 0. The molecule has 0 N–H and O–H groups in total. The van der Waals surface area contributed by atoms with Crippen LogP contribution in [0, 0.1) is 0 Å². The van der Waals surface area contributed by atoms with Crippen molar-refractivity contribution in [2.45, 2.75) is 63.8 Å². The fraction of sp³-hybridized carbons (Fsp3) is 0.812. The van der Waals surface area contributed by atoms with Crippen LogP contribution < -0.4 is 0 Å². The smallest absolute Gasteiger partial charge is 0.260 e. The minimum absolute atomic E-state index is 0.337. The van der Waals surface area contributed by atoms with Crippen molar-refractivity contribution in [1.29, 1.82) is 0 Å². The van der Waals surface area contributed by atoms with Gasteiger partial charge in [0.25, 0.3) is 5.91 Å². The number of amides is 1. The fourth-order valence-corrected chi connectivity index (χ4v) is 3.62. The van der Waals surface area contributed by atoms with E-state index in [2.05, 4.69) is 15.2 Å². The minimum Gasteiger partial charge on any atom is -0.334 e. The normalized spacial score (nSPS) is 24.1. The Kier molecular flexibility index (Phi) is 3.83. The van der Waals surface area contributed by atoms with Gasteiger partial charge in [0, 0.05) is 19.6 Å². The van der Waals surface area contributed by atoms with Crippen molar-refractivity contribution in [3.8, 4) is 0 Å². The first-order valence-corrected chi connectivity index (χ1v) is 8.78. The Morgan fingerprint density at radius 1 is 1.09 bits per heavy atom. The lowest BCUT2D eigenvalue weighted by atomic mass is 10.1. The molecule has 4 rings (SSSR count). The number of hydrogen-bond acceptors (Lipinski definition) is 4. The zero-order valence-corrected chi connectivity index (χ0v) is 13.5. The van der Waals surface area contributed by atoms with Crippen LogP contribution in [0.5, 0.6) is 0 Å². The molecule has 0 spiro atoms. The Balaban J connectivity index is 1.51. The highest BCUT2D eigenvalue weighted by Crippen LogP contribution is 2.42. The summed E-state index contributed by atoms with van der Waals surface area (Å²) in [6.07, 6.45) is 5.33. The topological polar surface area (TPSA) is 54.3 Å². The van der Waals surface area contributed by atoms with E-state index in [-0.39, 0.29) is 5.91 Å². The van der Waals surface area contributed by atoms with Gasteiger partial charge in [0.15, 0.2) is 5.67 Å². The number of piperidine rings is 1. The second-order valence-corrected chi connectivity index (χ2v) is 7.09. The molecule has 0 radical (unpaired) electrons. The Morgan fingerprint density at radius 2 is 1.87 bits per heavy atom.